The molecule has 1 aromatic heterocycles. The second kappa shape index (κ2) is 7.29. The molecule has 0 unspecified atom stereocenters. The van der Waals surface area contributed by atoms with Gasteiger partial charge in [0.25, 0.3) is 0 Å². The molecule has 1 heterocycles. The summed E-state index contributed by atoms with van der Waals surface area (Å²) >= 11 is 6.07. The molecule has 0 radical (unpaired) electrons. The molecule has 5 heteroatoms. The number of H-pyrrole nitrogens is 1. The highest BCUT2D eigenvalue weighted by molar-refractivity contribution is 6.32. The Labute approximate surface area is 140 Å². The highest BCUT2D eigenvalue weighted by Crippen LogP contribution is 2.21. The van der Waals surface area contributed by atoms with Crippen LogP contribution < -0.4 is 0 Å². The number of esters is 1. The number of hydrogen-bond acceptors (Lipinski definition) is 3. The van der Waals surface area contributed by atoms with E-state index in [0.29, 0.717) is 27.5 Å². The van der Waals surface area contributed by atoms with Crippen molar-refractivity contribution in [3.63, 3.8) is 0 Å². The summed E-state index contributed by atoms with van der Waals surface area (Å²) in [5.41, 5.74) is 2.79. The minimum atomic E-state index is -0.456. The van der Waals surface area contributed by atoms with Gasteiger partial charge in [0.2, 0.25) is 0 Å². The average molecular weight is 332 g/mol. The fourth-order valence-corrected chi connectivity index (χ4v) is 2.58. The van der Waals surface area contributed by atoms with E-state index in [1.165, 1.54) is 6.08 Å². The highest BCUT2D eigenvalue weighted by Gasteiger charge is 2.21. The quantitative estimate of drug-likeness (QED) is 0.503. The lowest BCUT2D eigenvalue weighted by atomic mass is 10.0. The number of rotatable bonds is 5. The van der Waals surface area contributed by atoms with Crippen LogP contribution in [0.1, 0.15) is 44.6 Å². The van der Waals surface area contributed by atoms with Gasteiger partial charge in [0.1, 0.15) is 5.69 Å². The maximum atomic E-state index is 12.5. The van der Waals surface area contributed by atoms with Crippen LogP contribution in [-0.4, -0.2) is 23.3 Å². The van der Waals surface area contributed by atoms with E-state index in [2.05, 4.69) is 4.98 Å². The van der Waals surface area contributed by atoms with Crippen molar-refractivity contribution in [1.29, 1.82) is 0 Å². The summed E-state index contributed by atoms with van der Waals surface area (Å²) in [7, 11) is 0. The highest BCUT2D eigenvalue weighted by atomic mass is 35.5. The van der Waals surface area contributed by atoms with Crippen molar-refractivity contribution >= 4 is 29.4 Å². The minimum Gasteiger partial charge on any atom is -0.461 e. The first kappa shape index (κ1) is 17.0. The van der Waals surface area contributed by atoms with Gasteiger partial charge in [0.05, 0.1) is 6.61 Å². The van der Waals surface area contributed by atoms with Crippen molar-refractivity contribution in [2.45, 2.75) is 20.8 Å². The molecule has 0 aliphatic carbocycles. The Kier molecular flexibility index (Phi) is 5.40. The van der Waals surface area contributed by atoms with Crippen molar-refractivity contribution in [2.24, 2.45) is 0 Å². The van der Waals surface area contributed by atoms with E-state index in [1.807, 2.05) is 18.2 Å². The number of aromatic amines is 1. The summed E-state index contributed by atoms with van der Waals surface area (Å²) < 4.78 is 4.98. The van der Waals surface area contributed by atoms with Crippen LogP contribution in [0.4, 0.5) is 0 Å². The molecule has 120 valence electrons. The van der Waals surface area contributed by atoms with Crippen molar-refractivity contribution in [3.05, 3.63) is 63.4 Å². The standard InChI is InChI=1S/C18H18ClNO3/c1-4-23-18(22)17-11(2)16(12(3)20-17)15(21)10-9-13-7-5-6-8-14(13)19/h5-10,20H,4H2,1-3H3. The van der Waals surface area contributed by atoms with Crippen molar-refractivity contribution in [3.8, 4) is 0 Å². The topological polar surface area (TPSA) is 59.2 Å². The van der Waals surface area contributed by atoms with Gasteiger partial charge in [-0.15, -0.1) is 0 Å². The fourth-order valence-electron chi connectivity index (χ4n) is 2.39. The van der Waals surface area contributed by atoms with Gasteiger partial charge >= 0.3 is 5.97 Å². The van der Waals surface area contributed by atoms with E-state index in [0.717, 1.165) is 5.56 Å². The summed E-state index contributed by atoms with van der Waals surface area (Å²) in [6.45, 7) is 5.51. The molecule has 1 N–H and O–H groups in total. The van der Waals surface area contributed by atoms with Gasteiger partial charge in [-0.2, -0.15) is 0 Å². The Morgan fingerprint density at radius 3 is 2.61 bits per heavy atom. The second-order valence-corrected chi connectivity index (χ2v) is 5.47. The number of ketones is 1. The molecule has 0 saturated heterocycles. The molecule has 0 atom stereocenters. The van der Waals surface area contributed by atoms with Gasteiger partial charge in [0.15, 0.2) is 5.78 Å². The van der Waals surface area contributed by atoms with Crippen LogP contribution in [0.5, 0.6) is 0 Å². The normalized spacial score (nSPS) is 11.0. The third kappa shape index (κ3) is 3.71. The van der Waals surface area contributed by atoms with Crippen LogP contribution in [0.15, 0.2) is 30.3 Å². The fraction of sp³-hybridized carbons (Fsp3) is 0.222. The third-order valence-electron chi connectivity index (χ3n) is 3.48. The molecular weight excluding hydrogens is 314 g/mol. The summed E-state index contributed by atoms with van der Waals surface area (Å²) in [5.74, 6) is -0.644. The molecule has 0 saturated carbocycles. The molecule has 2 rings (SSSR count). The summed E-state index contributed by atoms with van der Waals surface area (Å²) in [6, 6.07) is 7.26. The van der Waals surface area contributed by atoms with E-state index in [4.69, 9.17) is 16.3 Å². The smallest absolute Gasteiger partial charge is 0.355 e. The monoisotopic (exact) mass is 331 g/mol. The van der Waals surface area contributed by atoms with E-state index in [1.54, 1.807) is 32.9 Å². The molecule has 1 aromatic carbocycles. The zero-order valence-corrected chi connectivity index (χ0v) is 14.0. The predicted molar refractivity (Wildman–Crippen MR) is 91.0 cm³/mol. The number of aryl methyl sites for hydroxylation is 1. The number of ether oxygens (including phenoxy) is 1. The molecule has 0 fully saturated rings. The van der Waals surface area contributed by atoms with Crippen LogP contribution in [0.3, 0.4) is 0 Å². The molecule has 0 bridgehead atoms. The Morgan fingerprint density at radius 1 is 1.26 bits per heavy atom. The van der Waals surface area contributed by atoms with Gasteiger partial charge in [-0.3, -0.25) is 4.79 Å². The maximum absolute atomic E-state index is 12.5. The molecule has 0 aliphatic rings. The van der Waals surface area contributed by atoms with E-state index >= 15 is 0 Å². The van der Waals surface area contributed by atoms with Crippen molar-refractivity contribution in [1.82, 2.24) is 4.98 Å². The van der Waals surface area contributed by atoms with Crippen LogP contribution in [0, 0.1) is 13.8 Å². The molecule has 0 spiro atoms. The Balaban J connectivity index is 2.30. The van der Waals surface area contributed by atoms with E-state index in [9.17, 15) is 9.59 Å². The first-order valence-corrected chi connectivity index (χ1v) is 7.66. The van der Waals surface area contributed by atoms with Gasteiger partial charge in [-0.25, -0.2) is 4.79 Å². The van der Waals surface area contributed by atoms with Gasteiger partial charge in [0, 0.05) is 16.3 Å². The van der Waals surface area contributed by atoms with Gasteiger partial charge in [-0.1, -0.05) is 29.8 Å². The number of carbonyl (C=O) groups is 2. The molecular formula is C18H18ClNO3. The molecule has 0 amide bonds. The maximum Gasteiger partial charge on any atom is 0.355 e. The van der Waals surface area contributed by atoms with Gasteiger partial charge in [-0.05, 0) is 50.1 Å². The number of benzene rings is 1. The Bertz CT molecular complexity index is 775. The van der Waals surface area contributed by atoms with Crippen molar-refractivity contribution < 1.29 is 14.3 Å². The van der Waals surface area contributed by atoms with Gasteiger partial charge < -0.3 is 9.72 Å². The number of hydrogen-bond donors (Lipinski definition) is 1. The Morgan fingerprint density at radius 2 is 1.96 bits per heavy atom. The van der Waals surface area contributed by atoms with E-state index in [-0.39, 0.29) is 12.4 Å². The average Bonchev–Trinajstić information content (AvgIpc) is 2.81. The van der Waals surface area contributed by atoms with Crippen LogP contribution in [0.2, 0.25) is 5.02 Å². The summed E-state index contributed by atoms with van der Waals surface area (Å²) in [6.07, 6.45) is 3.12. The number of nitrogens with one attached hydrogen (secondary N) is 1. The number of aromatic nitrogens is 1. The molecule has 23 heavy (non-hydrogen) atoms. The Hall–Kier alpha value is -2.33. The largest absolute Gasteiger partial charge is 0.461 e. The van der Waals surface area contributed by atoms with E-state index < -0.39 is 5.97 Å². The van der Waals surface area contributed by atoms with Crippen molar-refractivity contribution in [2.75, 3.05) is 6.61 Å². The number of halogens is 1. The zero-order valence-electron chi connectivity index (χ0n) is 13.3. The predicted octanol–water partition coefficient (Wildman–Crippen LogP) is 4.36. The zero-order chi connectivity index (χ0) is 17.0. The van der Waals surface area contributed by atoms with Crippen LogP contribution >= 0.6 is 11.6 Å². The third-order valence-corrected chi connectivity index (χ3v) is 3.83. The number of carbonyl (C=O) groups excluding carboxylic acids is 2. The van der Waals surface area contributed by atoms with Crippen LogP contribution in [0.25, 0.3) is 6.08 Å². The summed E-state index contributed by atoms with van der Waals surface area (Å²) in [5, 5.41) is 0.575. The minimum absolute atomic E-state index is 0.188. The SMILES string of the molecule is CCOC(=O)c1[nH]c(C)c(C(=O)C=Cc2ccccc2Cl)c1C. The number of allylic oxidation sites excluding steroid dienone is 1. The lowest BCUT2D eigenvalue weighted by Crippen LogP contribution is -2.07. The molecule has 0 aliphatic heterocycles. The lowest BCUT2D eigenvalue weighted by molar-refractivity contribution is 0.0519. The first-order chi connectivity index (χ1) is 11.0. The summed E-state index contributed by atoms with van der Waals surface area (Å²) in [4.78, 5) is 27.3. The molecule has 4 nitrogen and oxygen atoms in total. The molecule has 2 aromatic rings. The van der Waals surface area contributed by atoms with Crippen LogP contribution in [-0.2, 0) is 4.74 Å². The first-order valence-electron chi connectivity index (χ1n) is 7.29. The second-order valence-electron chi connectivity index (χ2n) is 5.06. The lowest BCUT2D eigenvalue weighted by Gasteiger charge is -2.01.